The van der Waals surface area contributed by atoms with E-state index in [0.717, 1.165) is 0 Å². The van der Waals surface area contributed by atoms with Crippen LogP contribution in [0.3, 0.4) is 0 Å². The van der Waals surface area contributed by atoms with Crippen molar-refractivity contribution < 1.29 is 14.3 Å². The lowest BCUT2D eigenvalue weighted by Crippen LogP contribution is -2.29. The van der Waals surface area contributed by atoms with Gasteiger partial charge in [0.1, 0.15) is 12.2 Å². The highest BCUT2D eigenvalue weighted by atomic mass is 16.6. The Hall–Kier alpha value is -1.30. The zero-order chi connectivity index (χ0) is 10.5. The van der Waals surface area contributed by atoms with Gasteiger partial charge in [0.05, 0.1) is 0 Å². The first-order valence-electron chi connectivity index (χ1n) is 4.12. The first kappa shape index (κ1) is 11.7. The molecule has 0 fully saturated rings. The van der Waals surface area contributed by atoms with Gasteiger partial charge in [-0.25, -0.2) is 0 Å². The summed E-state index contributed by atoms with van der Waals surface area (Å²) in [7, 11) is 0. The minimum absolute atomic E-state index is 0.211. The summed E-state index contributed by atoms with van der Waals surface area (Å²) in [5.74, 6) is 1.60. The molecule has 3 heteroatoms. The van der Waals surface area contributed by atoms with E-state index in [4.69, 9.17) is 11.2 Å². The number of terminal acetylenes is 1. The van der Waals surface area contributed by atoms with Crippen LogP contribution in [0.4, 0.5) is 0 Å². The Bertz CT molecular complexity index is 249. The second kappa shape index (κ2) is 4.66. The van der Waals surface area contributed by atoms with Crippen LogP contribution in [0.1, 0.15) is 33.6 Å². The van der Waals surface area contributed by atoms with E-state index in [2.05, 4.69) is 5.92 Å². The fourth-order valence-electron chi connectivity index (χ4n) is 0.694. The van der Waals surface area contributed by atoms with Crippen molar-refractivity contribution in [1.82, 2.24) is 0 Å². The predicted molar refractivity (Wildman–Crippen MR) is 48.9 cm³/mol. The minimum Gasteiger partial charge on any atom is -0.446 e. The molecule has 0 radical (unpaired) electrons. The molecule has 0 amide bonds. The Balaban J connectivity index is 4.20. The summed E-state index contributed by atoms with van der Waals surface area (Å²) < 4.78 is 4.95. The lowest BCUT2D eigenvalue weighted by molar-refractivity contribution is -0.154. The zero-order valence-electron chi connectivity index (χ0n) is 8.22. The lowest BCUT2D eigenvalue weighted by Gasteiger charge is -2.21. The van der Waals surface area contributed by atoms with Crippen LogP contribution in [0, 0.1) is 12.3 Å². The molecule has 0 N–H and O–H groups in total. The predicted octanol–water partition coefficient (Wildman–Crippen LogP) is 1.31. The van der Waals surface area contributed by atoms with E-state index in [1.165, 1.54) is 6.92 Å². The van der Waals surface area contributed by atoms with Crippen LogP contribution < -0.4 is 0 Å². The molecule has 0 heterocycles. The van der Waals surface area contributed by atoms with Gasteiger partial charge in [0.15, 0.2) is 5.60 Å². The molecule has 0 saturated heterocycles. The molecule has 1 unspecified atom stereocenters. The van der Waals surface area contributed by atoms with Crippen molar-refractivity contribution in [2.24, 2.45) is 0 Å². The van der Waals surface area contributed by atoms with Crippen LogP contribution in [0.25, 0.3) is 0 Å². The molecule has 0 aliphatic rings. The molecule has 0 aromatic heterocycles. The van der Waals surface area contributed by atoms with E-state index >= 15 is 0 Å². The molecule has 0 aromatic rings. The van der Waals surface area contributed by atoms with E-state index < -0.39 is 11.6 Å². The molecule has 0 aliphatic carbocycles. The fraction of sp³-hybridized carbons (Fsp3) is 0.600. The molecule has 0 bridgehead atoms. The van der Waals surface area contributed by atoms with Gasteiger partial charge in [-0.3, -0.25) is 9.59 Å². The van der Waals surface area contributed by atoms with Crippen molar-refractivity contribution in [1.29, 1.82) is 0 Å². The Labute approximate surface area is 78.5 Å². The second-order valence-electron chi connectivity index (χ2n) is 3.08. The third kappa shape index (κ3) is 4.32. The Morgan fingerprint density at radius 3 is 2.38 bits per heavy atom. The quantitative estimate of drug-likeness (QED) is 0.374. The Kier molecular flexibility index (Phi) is 4.19. The number of carbonyl (C=O) groups excluding carboxylic acids is 2. The SMILES string of the molecule is C#CC(C)(CC)OC(=O)CC(C)=O. The van der Waals surface area contributed by atoms with Gasteiger partial charge in [-0.2, -0.15) is 0 Å². The van der Waals surface area contributed by atoms with E-state index in [0.29, 0.717) is 6.42 Å². The summed E-state index contributed by atoms with van der Waals surface area (Å²) in [6.07, 6.45) is 5.51. The van der Waals surface area contributed by atoms with Crippen LogP contribution in [0.2, 0.25) is 0 Å². The molecule has 0 spiro atoms. The van der Waals surface area contributed by atoms with Gasteiger partial charge in [-0.1, -0.05) is 12.8 Å². The van der Waals surface area contributed by atoms with Crippen molar-refractivity contribution in [3.8, 4) is 12.3 Å². The molecule has 72 valence electrons. The average Bonchev–Trinajstić information content (AvgIpc) is 2.02. The molecule has 1 atom stereocenters. The lowest BCUT2D eigenvalue weighted by atomic mass is 10.1. The fourth-order valence-corrected chi connectivity index (χ4v) is 0.694. The number of esters is 1. The van der Waals surface area contributed by atoms with Crippen LogP contribution in [-0.2, 0) is 14.3 Å². The van der Waals surface area contributed by atoms with Crippen molar-refractivity contribution in [2.75, 3.05) is 0 Å². The molecule has 0 aliphatic heterocycles. The summed E-state index contributed by atoms with van der Waals surface area (Å²) in [5.41, 5.74) is -0.882. The molecule has 0 aromatic carbocycles. The van der Waals surface area contributed by atoms with Crippen molar-refractivity contribution in [2.45, 2.75) is 39.2 Å². The van der Waals surface area contributed by atoms with E-state index in [9.17, 15) is 9.59 Å². The van der Waals surface area contributed by atoms with Gasteiger partial charge >= 0.3 is 5.97 Å². The smallest absolute Gasteiger partial charge is 0.314 e. The monoisotopic (exact) mass is 182 g/mol. The summed E-state index contributed by atoms with van der Waals surface area (Å²) in [4.78, 5) is 21.6. The Morgan fingerprint density at radius 1 is 1.54 bits per heavy atom. The minimum atomic E-state index is -0.882. The third-order valence-electron chi connectivity index (χ3n) is 1.71. The van der Waals surface area contributed by atoms with Crippen LogP contribution in [0.5, 0.6) is 0 Å². The highest BCUT2D eigenvalue weighted by Gasteiger charge is 2.24. The summed E-state index contributed by atoms with van der Waals surface area (Å²) in [6, 6.07) is 0. The van der Waals surface area contributed by atoms with Gasteiger partial charge < -0.3 is 4.74 Å². The van der Waals surface area contributed by atoms with Gasteiger partial charge in [0, 0.05) is 0 Å². The maximum atomic E-state index is 11.0. The maximum Gasteiger partial charge on any atom is 0.314 e. The first-order valence-corrected chi connectivity index (χ1v) is 4.12. The maximum absolute atomic E-state index is 11.0. The number of ether oxygens (including phenoxy) is 1. The van der Waals surface area contributed by atoms with Crippen LogP contribution in [0.15, 0.2) is 0 Å². The number of hydrogen-bond acceptors (Lipinski definition) is 3. The third-order valence-corrected chi connectivity index (χ3v) is 1.71. The number of carbonyl (C=O) groups is 2. The highest BCUT2D eigenvalue weighted by Crippen LogP contribution is 2.14. The summed E-state index contributed by atoms with van der Waals surface area (Å²) in [5, 5.41) is 0. The molecule has 0 rings (SSSR count). The number of rotatable bonds is 4. The molecular weight excluding hydrogens is 168 g/mol. The van der Waals surface area contributed by atoms with Crippen molar-refractivity contribution >= 4 is 11.8 Å². The Morgan fingerprint density at radius 2 is 2.08 bits per heavy atom. The van der Waals surface area contributed by atoms with Crippen LogP contribution in [-0.4, -0.2) is 17.4 Å². The normalized spacial score (nSPS) is 14.0. The van der Waals surface area contributed by atoms with E-state index in [-0.39, 0.29) is 12.2 Å². The number of hydrogen-bond donors (Lipinski definition) is 0. The van der Waals surface area contributed by atoms with Crippen LogP contribution >= 0.6 is 0 Å². The molecule has 0 saturated carbocycles. The first-order chi connectivity index (χ1) is 5.93. The average molecular weight is 182 g/mol. The van der Waals surface area contributed by atoms with Gasteiger partial charge in [0.25, 0.3) is 0 Å². The number of Topliss-reactive ketones (excluding diaryl/α,β-unsaturated/α-hetero) is 1. The van der Waals surface area contributed by atoms with Gasteiger partial charge in [0.2, 0.25) is 0 Å². The van der Waals surface area contributed by atoms with E-state index in [1.54, 1.807) is 6.92 Å². The van der Waals surface area contributed by atoms with Crippen molar-refractivity contribution in [3.63, 3.8) is 0 Å². The van der Waals surface area contributed by atoms with Gasteiger partial charge in [-0.15, -0.1) is 6.42 Å². The topological polar surface area (TPSA) is 43.4 Å². The van der Waals surface area contributed by atoms with E-state index in [1.807, 2.05) is 6.92 Å². The zero-order valence-corrected chi connectivity index (χ0v) is 8.22. The largest absolute Gasteiger partial charge is 0.446 e. The molecule has 3 nitrogen and oxygen atoms in total. The standard InChI is InChI=1S/C10H14O3/c1-5-10(4,6-2)13-9(12)7-8(3)11/h1H,6-7H2,2-4H3. The second-order valence-corrected chi connectivity index (χ2v) is 3.08. The summed E-state index contributed by atoms with van der Waals surface area (Å²) in [6.45, 7) is 4.80. The van der Waals surface area contributed by atoms with Gasteiger partial charge in [-0.05, 0) is 20.3 Å². The highest BCUT2D eigenvalue weighted by molar-refractivity contribution is 5.94. The molecular formula is C10H14O3. The summed E-state index contributed by atoms with van der Waals surface area (Å²) >= 11 is 0. The van der Waals surface area contributed by atoms with Crippen molar-refractivity contribution in [3.05, 3.63) is 0 Å². The number of ketones is 1. The molecule has 13 heavy (non-hydrogen) atoms.